The van der Waals surface area contributed by atoms with Crippen LogP contribution in [0.15, 0.2) is 12.7 Å². The van der Waals surface area contributed by atoms with Crippen molar-refractivity contribution in [3.8, 4) is 0 Å². The van der Waals surface area contributed by atoms with Crippen molar-refractivity contribution in [2.75, 3.05) is 25.4 Å². The van der Waals surface area contributed by atoms with E-state index >= 15 is 0 Å². The number of nitrogens with zero attached hydrogens (tertiary/aromatic N) is 1. The van der Waals surface area contributed by atoms with Gasteiger partial charge in [-0.05, 0) is 38.5 Å². The highest BCUT2D eigenvalue weighted by atomic mass is 32.2. The number of sulfonamides is 1. The lowest BCUT2D eigenvalue weighted by molar-refractivity contribution is -0.151. The molecule has 0 spiro atoms. The summed E-state index contributed by atoms with van der Waals surface area (Å²) >= 11 is 0. The molecule has 0 bridgehead atoms. The lowest BCUT2D eigenvalue weighted by Gasteiger charge is -2.38. The first kappa shape index (κ1) is 17.4. The van der Waals surface area contributed by atoms with Crippen molar-refractivity contribution in [3.63, 3.8) is 0 Å². The zero-order valence-electron chi connectivity index (χ0n) is 12.9. The van der Waals surface area contributed by atoms with E-state index in [4.69, 9.17) is 4.74 Å². The number of carbonyl (C=O) groups is 1. The van der Waals surface area contributed by atoms with Gasteiger partial charge >= 0.3 is 5.97 Å². The second-order valence-corrected chi connectivity index (χ2v) is 8.24. The number of hydrogen-bond donors (Lipinski definition) is 1. The fraction of sp³-hybridized carbons (Fsp3) is 0.800. The topological polar surface area (TPSA) is 83.9 Å². The monoisotopic (exact) mass is 331 g/mol. The molecule has 22 heavy (non-hydrogen) atoms. The van der Waals surface area contributed by atoms with Crippen LogP contribution in [0.5, 0.6) is 0 Å². The molecular weight excluding hydrogens is 306 g/mol. The van der Waals surface area contributed by atoms with Crippen LogP contribution in [0.2, 0.25) is 0 Å². The molecule has 2 aliphatic heterocycles. The van der Waals surface area contributed by atoms with E-state index < -0.39 is 21.4 Å². The van der Waals surface area contributed by atoms with Gasteiger partial charge in [0.15, 0.2) is 0 Å². The summed E-state index contributed by atoms with van der Waals surface area (Å²) in [6.45, 7) is 4.82. The number of carboxylic acids is 1. The van der Waals surface area contributed by atoms with E-state index in [2.05, 4.69) is 6.58 Å². The molecule has 1 unspecified atom stereocenters. The van der Waals surface area contributed by atoms with Crippen LogP contribution < -0.4 is 0 Å². The highest BCUT2D eigenvalue weighted by Gasteiger charge is 2.43. The first-order valence-corrected chi connectivity index (χ1v) is 9.44. The van der Waals surface area contributed by atoms with Crippen molar-refractivity contribution >= 4 is 16.0 Å². The Balaban J connectivity index is 1.97. The Morgan fingerprint density at radius 3 is 2.59 bits per heavy atom. The smallest absolute Gasteiger partial charge is 0.309 e. The molecule has 0 saturated carbocycles. The molecule has 126 valence electrons. The third-order valence-electron chi connectivity index (χ3n) is 4.77. The number of allylic oxidation sites excluding steroid dienone is 1. The van der Waals surface area contributed by atoms with Gasteiger partial charge in [0.1, 0.15) is 0 Å². The van der Waals surface area contributed by atoms with Crippen LogP contribution in [0.25, 0.3) is 0 Å². The molecule has 0 aromatic carbocycles. The highest BCUT2D eigenvalue weighted by molar-refractivity contribution is 7.89. The molecule has 2 saturated heterocycles. The first-order valence-electron chi connectivity index (χ1n) is 7.83. The van der Waals surface area contributed by atoms with Gasteiger partial charge in [0, 0.05) is 19.7 Å². The minimum atomic E-state index is -3.37. The number of aliphatic carboxylic acids is 1. The van der Waals surface area contributed by atoms with Gasteiger partial charge in [-0.15, -0.1) is 6.58 Å². The van der Waals surface area contributed by atoms with Gasteiger partial charge in [-0.25, -0.2) is 12.7 Å². The summed E-state index contributed by atoms with van der Waals surface area (Å²) in [6, 6.07) is 0. The Morgan fingerprint density at radius 2 is 2.09 bits per heavy atom. The number of piperidine rings is 1. The Morgan fingerprint density at radius 1 is 1.41 bits per heavy atom. The van der Waals surface area contributed by atoms with Crippen molar-refractivity contribution in [1.82, 2.24) is 4.31 Å². The van der Waals surface area contributed by atoms with Crippen molar-refractivity contribution < 1.29 is 23.1 Å². The molecule has 6 nitrogen and oxygen atoms in total. The Labute approximate surface area is 132 Å². The fourth-order valence-corrected chi connectivity index (χ4v) is 4.94. The summed E-state index contributed by atoms with van der Waals surface area (Å²) in [7, 11) is -3.37. The van der Waals surface area contributed by atoms with Crippen LogP contribution in [0, 0.1) is 5.41 Å². The van der Waals surface area contributed by atoms with Crippen molar-refractivity contribution in [2.24, 2.45) is 5.41 Å². The molecule has 0 radical (unpaired) electrons. The van der Waals surface area contributed by atoms with E-state index in [1.807, 2.05) is 0 Å². The van der Waals surface area contributed by atoms with Crippen LogP contribution in [0.4, 0.5) is 0 Å². The summed E-state index contributed by atoms with van der Waals surface area (Å²) < 4.78 is 31.7. The molecule has 0 aromatic heterocycles. The molecular formula is C15H25NO5S. The molecule has 0 aliphatic carbocycles. The molecule has 1 atom stereocenters. The van der Waals surface area contributed by atoms with Crippen LogP contribution in [-0.2, 0) is 19.6 Å². The molecule has 2 aliphatic rings. The Kier molecular flexibility index (Phi) is 5.63. The summed E-state index contributed by atoms with van der Waals surface area (Å²) in [6.07, 6.45) is 5.07. The van der Waals surface area contributed by atoms with Gasteiger partial charge in [-0.3, -0.25) is 4.79 Å². The minimum Gasteiger partial charge on any atom is -0.481 e. The van der Waals surface area contributed by atoms with Gasteiger partial charge in [-0.1, -0.05) is 6.08 Å². The number of ether oxygens (including phenoxy) is 1. The molecule has 1 N–H and O–H groups in total. The molecule has 2 rings (SSSR count). The second-order valence-electron chi connectivity index (χ2n) is 6.23. The van der Waals surface area contributed by atoms with E-state index in [1.165, 1.54) is 4.31 Å². The van der Waals surface area contributed by atoms with Gasteiger partial charge in [0.25, 0.3) is 0 Å². The van der Waals surface area contributed by atoms with Gasteiger partial charge in [-0.2, -0.15) is 0 Å². The summed E-state index contributed by atoms with van der Waals surface area (Å²) in [5.74, 6) is -0.815. The summed E-state index contributed by atoms with van der Waals surface area (Å²) in [4.78, 5) is 11.6. The lowest BCUT2D eigenvalue weighted by atomic mass is 9.75. The standard InChI is InChI=1S/C15H25NO5S/c1-2-3-6-15(14(17)18)7-9-16(10-8-15)22(19,20)12-13-5-4-11-21-13/h2,13H,1,3-12H2,(H,17,18). The number of rotatable bonds is 7. The van der Waals surface area contributed by atoms with Gasteiger partial charge in [0.2, 0.25) is 10.0 Å². The average Bonchev–Trinajstić information content (AvgIpc) is 2.97. The largest absolute Gasteiger partial charge is 0.481 e. The zero-order chi connectivity index (χ0) is 16.2. The maximum absolute atomic E-state index is 12.4. The van der Waals surface area contributed by atoms with E-state index in [9.17, 15) is 18.3 Å². The third-order valence-corrected chi connectivity index (χ3v) is 6.72. The van der Waals surface area contributed by atoms with Crippen molar-refractivity contribution in [2.45, 2.75) is 44.6 Å². The Bertz CT molecular complexity index is 502. The molecule has 2 heterocycles. The Hall–Kier alpha value is -0.920. The number of carboxylic acid groups (broad SMARTS) is 1. The van der Waals surface area contributed by atoms with E-state index in [0.717, 1.165) is 12.8 Å². The normalized spacial score (nSPS) is 25.9. The van der Waals surface area contributed by atoms with Crippen LogP contribution in [0.3, 0.4) is 0 Å². The first-order chi connectivity index (χ1) is 10.4. The predicted octanol–water partition coefficient (Wildman–Crippen LogP) is 1.63. The number of hydrogen-bond acceptors (Lipinski definition) is 4. The van der Waals surface area contributed by atoms with Gasteiger partial charge < -0.3 is 9.84 Å². The van der Waals surface area contributed by atoms with Crippen LogP contribution in [0.1, 0.15) is 38.5 Å². The van der Waals surface area contributed by atoms with E-state index in [0.29, 0.717) is 32.3 Å². The van der Waals surface area contributed by atoms with Crippen LogP contribution >= 0.6 is 0 Å². The molecule has 2 fully saturated rings. The second kappa shape index (κ2) is 7.10. The van der Waals surface area contributed by atoms with Gasteiger partial charge in [0.05, 0.1) is 17.3 Å². The van der Waals surface area contributed by atoms with Crippen molar-refractivity contribution in [3.05, 3.63) is 12.7 Å². The maximum Gasteiger partial charge on any atom is 0.309 e. The maximum atomic E-state index is 12.4. The molecule has 0 aromatic rings. The molecule has 0 amide bonds. The highest BCUT2D eigenvalue weighted by Crippen LogP contribution is 2.37. The lowest BCUT2D eigenvalue weighted by Crippen LogP contribution is -2.48. The predicted molar refractivity (Wildman–Crippen MR) is 83.1 cm³/mol. The van der Waals surface area contributed by atoms with Crippen molar-refractivity contribution in [1.29, 1.82) is 0 Å². The SMILES string of the molecule is C=CCCC1(C(=O)O)CCN(S(=O)(=O)CC2CCCO2)CC1. The van der Waals surface area contributed by atoms with E-state index in [-0.39, 0.29) is 24.9 Å². The summed E-state index contributed by atoms with van der Waals surface area (Å²) in [5.41, 5.74) is -0.815. The zero-order valence-corrected chi connectivity index (χ0v) is 13.7. The van der Waals surface area contributed by atoms with Crippen LogP contribution in [-0.4, -0.2) is 55.4 Å². The fourth-order valence-electron chi connectivity index (χ4n) is 3.26. The van der Waals surface area contributed by atoms with E-state index in [1.54, 1.807) is 6.08 Å². The average molecular weight is 331 g/mol. The minimum absolute atomic E-state index is 0.0136. The molecule has 7 heteroatoms. The summed E-state index contributed by atoms with van der Waals surface area (Å²) in [5, 5.41) is 9.51. The quantitative estimate of drug-likeness (QED) is 0.717. The third kappa shape index (κ3) is 3.88.